The van der Waals surface area contributed by atoms with Crippen LogP contribution in [-0.4, -0.2) is 42.7 Å². The molecule has 0 saturated carbocycles. The number of hydrogen-bond donors (Lipinski definition) is 0. The Morgan fingerprint density at radius 3 is 2.41 bits per heavy atom. The Bertz CT molecular complexity index is 805. The first-order valence-electron chi connectivity index (χ1n) is 6.47. The van der Waals surface area contributed by atoms with E-state index >= 15 is 0 Å². The molecule has 0 fully saturated rings. The molecule has 0 radical (unpaired) electrons. The van der Waals surface area contributed by atoms with Crippen molar-refractivity contribution in [2.45, 2.75) is 13.5 Å². The van der Waals surface area contributed by atoms with Crippen LogP contribution in [0.5, 0.6) is 5.75 Å². The van der Waals surface area contributed by atoms with Crippen LogP contribution in [0.3, 0.4) is 0 Å². The van der Waals surface area contributed by atoms with Gasteiger partial charge in [0.25, 0.3) is 10.1 Å². The number of hydrogen-bond acceptors (Lipinski definition) is 6. The lowest BCUT2D eigenvalue weighted by Crippen LogP contribution is -2.26. The molecule has 0 N–H and O–H groups in total. The van der Waals surface area contributed by atoms with Crippen LogP contribution in [0, 0.1) is 6.92 Å². The van der Waals surface area contributed by atoms with Gasteiger partial charge in [-0.2, -0.15) is 18.2 Å². The lowest BCUT2D eigenvalue weighted by Gasteiger charge is -2.03. The molecule has 0 aliphatic carbocycles. The molecule has 8 nitrogen and oxygen atoms in total. The summed E-state index contributed by atoms with van der Waals surface area (Å²) in [5, 5.41) is 4.17. The first kappa shape index (κ1) is 16.2. The van der Waals surface area contributed by atoms with Gasteiger partial charge >= 0.3 is 5.69 Å². The quantitative estimate of drug-likeness (QED) is 0.710. The summed E-state index contributed by atoms with van der Waals surface area (Å²) in [4.78, 5) is 12.3. The SMILES string of the molecule is COc1ccc(-n2nc(C)n(CCOS(C)(=O)=O)c2=O)cc1. The Hall–Kier alpha value is -2.13. The number of aromatic nitrogens is 3. The number of benzene rings is 1. The molecule has 0 saturated heterocycles. The van der Waals surface area contributed by atoms with E-state index in [4.69, 9.17) is 4.74 Å². The molecule has 0 unspecified atom stereocenters. The minimum atomic E-state index is -3.53. The van der Waals surface area contributed by atoms with E-state index in [-0.39, 0.29) is 18.8 Å². The van der Waals surface area contributed by atoms with Gasteiger partial charge in [0.2, 0.25) is 0 Å². The zero-order valence-corrected chi connectivity index (χ0v) is 13.3. The summed E-state index contributed by atoms with van der Waals surface area (Å²) in [6, 6.07) is 6.87. The average Bonchev–Trinajstić information content (AvgIpc) is 2.74. The van der Waals surface area contributed by atoms with Gasteiger partial charge in [0.15, 0.2) is 0 Å². The summed E-state index contributed by atoms with van der Waals surface area (Å²) in [7, 11) is -1.97. The zero-order chi connectivity index (χ0) is 16.3. The average molecular weight is 327 g/mol. The lowest BCUT2D eigenvalue weighted by atomic mass is 10.3. The predicted molar refractivity (Wildman–Crippen MR) is 79.9 cm³/mol. The van der Waals surface area contributed by atoms with Gasteiger partial charge < -0.3 is 4.74 Å². The Morgan fingerprint density at radius 1 is 1.23 bits per heavy atom. The minimum Gasteiger partial charge on any atom is -0.497 e. The molecular weight excluding hydrogens is 310 g/mol. The van der Waals surface area contributed by atoms with Crippen molar-refractivity contribution in [2.75, 3.05) is 20.0 Å². The van der Waals surface area contributed by atoms with Crippen LogP contribution in [0.15, 0.2) is 29.1 Å². The van der Waals surface area contributed by atoms with Crippen LogP contribution >= 0.6 is 0 Å². The summed E-state index contributed by atoms with van der Waals surface area (Å²) < 4.78 is 34.2. The highest BCUT2D eigenvalue weighted by Crippen LogP contribution is 2.13. The Kier molecular flexibility index (Phi) is 4.67. The Balaban J connectivity index is 2.24. The number of nitrogens with zero attached hydrogens (tertiary/aromatic N) is 3. The second kappa shape index (κ2) is 6.32. The first-order valence-corrected chi connectivity index (χ1v) is 8.29. The molecule has 120 valence electrons. The Morgan fingerprint density at radius 2 is 1.86 bits per heavy atom. The van der Waals surface area contributed by atoms with Gasteiger partial charge in [0, 0.05) is 0 Å². The second-order valence-electron chi connectivity index (χ2n) is 4.62. The monoisotopic (exact) mass is 327 g/mol. The zero-order valence-electron chi connectivity index (χ0n) is 12.5. The van der Waals surface area contributed by atoms with Crippen molar-refractivity contribution < 1.29 is 17.3 Å². The van der Waals surface area contributed by atoms with Crippen LogP contribution in [0.1, 0.15) is 5.82 Å². The molecule has 1 aromatic heterocycles. The van der Waals surface area contributed by atoms with Crippen molar-refractivity contribution in [1.82, 2.24) is 14.3 Å². The molecule has 22 heavy (non-hydrogen) atoms. The maximum Gasteiger partial charge on any atom is 0.350 e. The van der Waals surface area contributed by atoms with E-state index in [2.05, 4.69) is 9.28 Å². The van der Waals surface area contributed by atoms with Gasteiger partial charge in [-0.15, -0.1) is 0 Å². The Labute approximate surface area is 128 Å². The van der Waals surface area contributed by atoms with Gasteiger partial charge in [-0.3, -0.25) is 8.75 Å². The molecular formula is C13H17N3O5S. The first-order chi connectivity index (χ1) is 10.3. The molecule has 2 rings (SSSR count). The maximum absolute atomic E-state index is 12.3. The van der Waals surface area contributed by atoms with Gasteiger partial charge in [-0.05, 0) is 31.2 Å². The summed E-state index contributed by atoms with van der Waals surface area (Å²) in [6.07, 6.45) is 0.962. The third-order valence-electron chi connectivity index (χ3n) is 2.98. The molecule has 0 spiro atoms. The van der Waals surface area contributed by atoms with E-state index in [0.717, 1.165) is 6.26 Å². The van der Waals surface area contributed by atoms with Crippen molar-refractivity contribution in [1.29, 1.82) is 0 Å². The van der Waals surface area contributed by atoms with E-state index in [1.54, 1.807) is 38.3 Å². The molecule has 1 aromatic carbocycles. The number of aryl methyl sites for hydroxylation is 1. The fourth-order valence-corrected chi connectivity index (χ4v) is 2.30. The van der Waals surface area contributed by atoms with Gasteiger partial charge in [0.05, 0.1) is 32.2 Å². The molecule has 0 amide bonds. The fraction of sp³-hybridized carbons (Fsp3) is 0.385. The molecule has 2 aromatic rings. The summed E-state index contributed by atoms with van der Waals surface area (Å²) in [6.45, 7) is 1.66. The van der Waals surface area contributed by atoms with Crippen molar-refractivity contribution >= 4 is 10.1 Å². The third-order valence-corrected chi connectivity index (χ3v) is 3.57. The molecule has 0 aliphatic rings. The predicted octanol–water partition coefficient (Wildman–Crippen LogP) is 0.327. The molecule has 0 aliphatic heterocycles. The molecule has 0 bridgehead atoms. The third kappa shape index (κ3) is 3.74. The standard InChI is InChI=1S/C13H17N3O5S/c1-10-14-16(11-4-6-12(20-2)7-5-11)13(17)15(10)8-9-21-22(3,18)19/h4-7H,8-9H2,1-3H3. The van der Waals surface area contributed by atoms with Gasteiger partial charge in [-0.25, -0.2) is 4.79 Å². The smallest absolute Gasteiger partial charge is 0.350 e. The molecule has 0 atom stereocenters. The number of rotatable bonds is 6. The van der Waals surface area contributed by atoms with Crippen molar-refractivity contribution in [2.24, 2.45) is 0 Å². The van der Waals surface area contributed by atoms with Crippen LogP contribution < -0.4 is 10.4 Å². The summed E-state index contributed by atoms with van der Waals surface area (Å²) >= 11 is 0. The normalized spacial score (nSPS) is 11.6. The number of methoxy groups -OCH3 is 1. The van der Waals surface area contributed by atoms with E-state index in [1.807, 2.05) is 0 Å². The van der Waals surface area contributed by atoms with Crippen LogP contribution in [-0.2, 0) is 20.8 Å². The minimum absolute atomic E-state index is 0.105. The van der Waals surface area contributed by atoms with Crippen LogP contribution in [0.25, 0.3) is 5.69 Å². The summed E-state index contributed by atoms with van der Waals surface area (Å²) in [5.74, 6) is 1.15. The molecule has 9 heteroatoms. The van der Waals surface area contributed by atoms with E-state index in [9.17, 15) is 13.2 Å². The van der Waals surface area contributed by atoms with Crippen LogP contribution in [0.2, 0.25) is 0 Å². The summed E-state index contributed by atoms with van der Waals surface area (Å²) in [5.41, 5.74) is 0.233. The maximum atomic E-state index is 12.3. The fourth-order valence-electron chi connectivity index (χ4n) is 1.92. The van der Waals surface area contributed by atoms with Gasteiger partial charge in [0.1, 0.15) is 11.6 Å². The van der Waals surface area contributed by atoms with E-state index < -0.39 is 10.1 Å². The lowest BCUT2D eigenvalue weighted by molar-refractivity contribution is 0.300. The topological polar surface area (TPSA) is 92.4 Å². The number of ether oxygens (including phenoxy) is 1. The van der Waals surface area contributed by atoms with Gasteiger partial charge in [-0.1, -0.05) is 0 Å². The van der Waals surface area contributed by atoms with Crippen molar-refractivity contribution in [3.8, 4) is 11.4 Å². The van der Waals surface area contributed by atoms with Crippen molar-refractivity contribution in [3.05, 3.63) is 40.6 Å². The van der Waals surface area contributed by atoms with E-state index in [1.165, 1.54) is 9.25 Å². The highest BCUT2D eigenvalue weighted by Gasteiger charge is 2.12. The second-order valence-corrected chi connectivity index (χ2v) is 6.26. The molecule has 1 heterocycles. The largest absolute Gasteiger partial charge is 0.497 e. The van der Waals surface area contributed by atoms with E-state index in [0.29, 0.717) is 17.3 Å². The van der Waals surface area contributed by atoms with Crippen LogP contribution in [0.4, 0.5) is 0 Å². The highest BCUT2D eigenvalue weighted by molar-refractivity contribution is 7.85. The van der Waals surface area contributed by atoms with Crippen molar-refractivity contribution in [3.63, 3.8) is 0 Å². The highest BCUT2D eigenvalue weighted by atomic mass is 32.2.